The highest BCUT2D eigenvalue weighted by molar-refractivity contribution is 7.25. The van der Waals surface area contributed by atoms with Crippen LogP contribution in [0.4, 0.5) is 5.69 Å². The van der Waals surface area contributed by atoms with E-state index in [0.717, 1.165) is 20.6 Å². The number of hydrogen-bond acceptors (Lipinski definition) is 6. The number of anilines is 1. The van der Waals surface area contributed by atoms with E-state index >= 15 is 0 Å². The molecule has 3 rings (SSSR count). The lowest BCUT2D eigenvalue weighted by Crippen LogP contribution is -2.26. The topological polar surface area (TPSA) is 77.0 Å². The summed E-state index contributed by atoms with van der Waals surface area (Å²) in [6.07, 6.45) is 3.07. The quantitative estimate of drug-likeness (QED) is 0.655. The molecule has 0 saturated heterocycles. The van der Waals surface area contributed by atoms with Crippen LogP contribution in [0.3, 0.4) is 0 Å². The summed E-state index contributed by atoms with van der Waals surface area (Å²) in [6.45, 7) is 0. The van der Waals surface area contributed by atoms with Crippen molar-refractivity contribution >= 4 is 37.5 Å². The molecule has 0 spiro atoms. The molecular weight excluding hydrogens is 250 g/mol. The average molecular weight is 261 g/mol. The number of hydrogen-bond donors (Lipinski definition) is 1. The summed E-state index contributed by atoms with van der Waals surface area (Å²) in [7, 11) is 3.89. The van der Waals surface area contributed by atoms with Crippen molar-refractivity contribution in [1.82, 2.24) is 14.6 Å². The van der Waals surface area contributed by atoms with Crippen LogP contribution in [0.25, 0.3) is 20.4 Å². The minimum Gasteiger partial charge on any atom is -0.377 e. The normalized spacial score (nSPS) is 11.2. The lowest BCUT2D eigenvalue weighted by molar-refractivity contribution is 0.917. The van der Waals surface area contributed by atoms with E-state index in [1.807, 2.05) is 25.1 Å². The van der Waals surface area contributed by atoms with Crippen molar-refractivity contribution in [2.24, 2.45) is 0 Å². The Bertz CT molecular complexity index is 804. The van der Waals surface area contributed by atoms with E-state index < -0.39 is 0 Å². The maximum atomic E-state index is 11.9. The molecule has 92 valence electrons. The third-order valence-electron chi connectivity index (χ3n) is 2.77. The van der Waals surface area contributed by atoms with E-state index in [-0.39, 0.29) is 5.56 Å². The first kappa shape index (κ1) is 11.0. The molecule has 0 radical (unpaired) electrons. The number of nitrogen functional groups attached to an aromatic ring is 1. The maximum Gasteiger partial charge on any atom is 0.289 e. The summed E-state index contributed by atoms with van der Waals surface area (Å²) in [5.41, 5.74) is 1.42. The van der Waals surface area contributed by atoms with Crippen molar-refractivity contribution in [2.75, 3.05) is 24.8 Å². The first-order valence-electron chi connectivity index (χ1n) is 5.31. The second kappa shape index (κ2) is 3.67. The lowest BCUT2D eigenvalue weighted by atomic mass is 10.2. The van der Waals surface area contributed by atoms with Crippen LogP contribution >= 0.6 is 11.3 Å². The van der Waals surface area contributed by atoms with Crippen LogP contribution in [0.5, 0.6) is 0 Å². The molecule has 2 N–H and O–H groups in total. The third kappa shape index (κ3) is 1.37. The summed E-state index contributed by atoms with van der Waals surface area (Å²) >= 11 is 1.32. The zero-order valence-corrected chi connectivity index (χ0v) is 10.7. The van der Waals surface area contributed by atoms with E-state index in [1.165, 1.54) is 17.7 Å². The molecule has 0 fully saturated rings. The van der Waals surface area contributed by atoms with Crippen LogP contribution in [-0.4, -0.2) is 28.7 Å². The minimum atomic E-state index is -0.243. The fraction of sp³-hybridized carbons (Fsp3) is 0.182. The van der Waals surface area contributed by atoms with Crippen LogP contribution in [0.2, 0.25) is 0 Å². The molecule has 0 saturated carbocycles. The van der Waals surface area contributed by atoms with Crippen LogP contribution in [0.1, 0.15) is 0 Å². The van der Waals surface area contributed by atoms with Gasteiger partial charge in [0.2, 0.25) is 0 Å². The van der Waals surface area contributed by atoms with Crippen molar-refractivity contribution in [3.8, 4) is 0 Å². The van der Waals surface area contributed by atoms with E-state index in [9.17, 15) is 4.79 Å². The minimum absolute atomic E-state index is 0.243. The van der Waals surface area contributed by atoms with Gasteiger partial charge in [0.25, 0.3) is 5.56 Å². The van der Waals surface area contributed by atoms with Gasteiger partial charge in [-0.1, -0.05) is 0 Å². The summed E-state index contributed by atoms with van der Waals surface area (Å²) in [5, 5.41) is 0.903. The number of fused-ring (bicyclic) bond motifs is 3. The molecular formula is C11H11N5OS. The molecule has 0 amide bonds. The van der Waals surface area contributed by atoms with Gasteiger partial charge in [0.05, 0.1) is 11.1 Å². The fourth-order valence-electron chi connectivity index (χ4n) is 1.92. The van der Waals surface area contributed by atoms with Crippen LogP contribution in [0.15, 0.2) is 23.4 Å². The Morgan fingerprint density at radius 2 is 2.17 bits per heavy atom. The summed E-state index contributed by atoms with van der Waals surface area (Å²) in [4.78, 5) is 23.3. The number of rotatable bonds is 1. The first-order chi connectivity index (χ1) is 8.59. The molecule has 0 aliphatic heterocycles. The van der Waals surface area contributed by atoms with Crippen molar-refractivity contribution in [3.63, 3.8) is 0 Å². The first-order valence-corrected chi connectivity index (χ1v) is 6.12. The number of aromatic nitrogens is 3. The van der Waals surface area contributed by atoms with Crippen molar-refractivity contribution < 1.29 is 0 Å². The highest BCUT2D eigenvalue weighted by Gasteiger charge is 2.15. The van der Waals surface area contributed by atoms with Crippen molar-refractivity contribution in [1.29, 1.82) is 0 Å². The zero-order valence-electron chi connectivity index (χ0n) is 9.91. The largest absolute Gasteiger partial charge is 0.377 e. The molecule has 0 aliphatic carbocycles. The highest BCUT2D eigenvalue weighted by Crippen LogP contribution is 2.34. The molecule has 0 aliphatic rings. The van der Waals surface area contributed by atoms with Crippen LogP contribution in [0, 0.1) is 0 Å². The molecule has 0 aromatic carbocycles. The van der Waals surface area contributed by atoms with Gasteiger partial charge in [-0.25, -0.2) is 14.6 Å². The second-order valence-electron chi connectivity index (χ2n) is 4.14. The molecule has 0 bridgehead atoms. The Kier molecular flexibility index (Phi) is 2.24. The van der Waals surface area contributed by atoms with E-state index in [4.69, 9.17) is 5.84 Å². The average Bonchev–Trinajstić information content (AvgIpc) is 2.73. The number of thiophene rings is 1. The van der Waals surface area contributed by atoms with Crippen molar-refractivity contribution in [2.45, 2.75) is 0 Å². The number of nitrogens with two attached hydrogens (primary N) is 1. The van der Waals surface area contributed by atoms with Crippen molar-refractivity contribution in [3.05, 3.63) is 28.9 Å². The van der Waals surface area contributed by atoms with Gasteiger partial charge in [0.15, 0.2) is 0 Å². The van der Waals surface area contributed by atoms with Gasteiger partial charge < -0.3 is 10.7 Å². The summed E-state index contributed by atoms with van der Waals surface area (Å²) < 4.78 is 1.53. The Balaban J connectivity index is 2.57. The Morgan fingerprint density at radius 1 is 1.39 bits per heavy atom. The van der Waals surface area contributed by atoms with Gasteiger partial charge in [0, 0.05) is 20.3 Å². The number of nitrogens with zero attached hydrogens (tertiary/aromatic N) is 4. The molecule has 3 heterocycles. The van der Waals surface area contributed by atoms with E-state index in [0.29, 0.717) is 10.2 Å². The van der Waals surface area contributed by atoms with Gasteiger partial charge in [-0.05, 0) is 6.07 Å². The van der Waals surface area contributed by atoms with Crippen LogP contribution in [-0.2, 0) is 0 Å². The predicted molar refractivity (Wildman–Crippen MR) is 73.7 cm³/mol. The molecule has 3 aromatic heterocycles. The second-order valence-corrected chi connectivity index (χ2v) is 5.14. The molecule has 0 unspecified atom stereocenters. The summed E-state index contributed by atoms with van der Waals surface area (Å²) in [5.74, 6) is 5.52. The lowest BCUT2D eigenvalue weighted by Gasteiger charge is -2.13. The number of pyridine rings is 1. The standard InChI is InChI=1S/C11H11N5OS/c1-15(2)6-3-4-13-10-7(6)8-9(18-10)11(17)16(12)5-14-8/h3-5H,12H2,1-2H3. The fourth-order valence-corrected chi connectivity index (χ4v) is 2.98. The highest BCUT2D eigenvalue weighted by atomic mass is 32.1. The van der Waals surface area contributed by atoms with Gasteiger partial charge in [-0.2, -0.15) is 0 Å². The summed E-state index contributed by atoms with van der Waals surface area (Å²) in [6, 6.07) is 1.91. The molecule has 7 heteroatoms. The third-order valence-corrected chi connectivity index (χ3v) is 3.84. The van der Waals surface area contributed by atoms with Crippen LogP contribution < -0.4 is 16.3 Å². The van der Waals surface area contributed by atoms with E-state index in [2.05, 4.69) is 9.97 Å². The Hall–Kier alpha value is -2.15. The monoisotopic (exact) mass is 261 g/mol. The smallest absolute Gasteiger partial charge is 0.289 e. The predicted octanol–water partition coefficient (Wildman–Crippen LogP) is 0.786. The van der Waals surface area contributed by atoms with Gasteiger partial charge in [0.1, 0.15) is 21.4 Å². The molecule has 0 atom stereocenters. The molecule has 3 aromatic rings. The molecule has 18 heavy (non-hydrogen) atoms. The Morgan fingerprint density at radius 3 is 2.89 bits per heavy atom. The Labute approximate surface area is 106 Å². The SMILES string of the molecule is CN(C)c1ccnc2sc3c(=O)n(N)cnc3c12. The van der Waals surface area contributed by atoms with Gasteiger partial charge in [-0.15, -0.1) is 11.3 Å². The van der Waals surface area contributed by atoms with Gasteiger partial charge in [-0.3, -0.25) is 4.79 Å². The van der Waals surface area contributed by atoms with Gasteiger partial charge >= 0.3 is 0 Å². The zero-order chi connectivity index (χ0) is 12.9. The van der Waals surface area contributed by atoms with E-state index in [1.54, 1.807) is 6.20 Å². The molecule has 6 nitrogen and oxygen atoms in total. The maximum absolute atomic E-state index is 11.9.